The molecule has 5 aromatic rings. The predicted octanol–water partition coefficient (Wildman–Crippen LogP) is 2.67. The number of hydrogen-bond acceptors (Lipinski definition) is 7. The van der Waals surface area contributed by atoms with Crippen molar-refractivity contribution in [3.05, 3.63) is 86.5 Å². The molecule has 0 amide bonds. The fraction of sp³-hybridized carbons (Fsp3) is 0.130. The number of aromatic nitrogens is 5. The Balaban J connectivity index is 1.50. The number of sulfonamides is 1. The van der Waals surface area contributed by atoms with Crippen molar-refractivity contribution < 1.29 is 8.42 Å². The van der Waals surface area contributed by atoms with E-state index in [1.807, 2.05) is 18.2 Å². The number of anilines is 1. The maximum absolute atomic E-state index is 13.6. The van der Waals surface area contributed by atoms with Crippen LogP contribution in [0.1, 0.15) is 12.0 Å². The van der Waals surface area contributed by atoms with E-state index in [2.05, 4.69) is 20.4 Å². The second-order valence-electron chi connectivity index (χ2n) is 8.09. The number of fused-ring (bicyclic) bond motifs is 2. The van der Waals surface area contributed by atoms with Crippen molar-refractivity contribution in [2.75, 3.05) is 10.8 Å². The van der Waals surface area contributed by atoms with Crippen LogP contribution in [0.4, 0.5) is 5.69 Å². The number of para-hydroxylation sites is 1. The van der Waals surface area contributed by atoms with Gasteiger partial charge in [0.25, 0.3) is 15.6 Å². The van der Waals surface area contributed by atoms with E-state index in [1.165, 1.54) is 39.9 Å². The molecular weight excluding hydrogens is 488 g/mol. The van der Waals surface area contributed by atoms with Crippen LogP contribution in [0.3, 0.4) is 0 Å². The highest BCUT2D eigenvalue weighted by atomic mass is 32.2. The van der Waals surface area contributed by atoms with Gasteiger partial charge in [0.15, 0.2) is 0 Å². The van der Waals surface area contributed by atoms with Gasteiger partial charge in [0.1, 0.15) is 5.69 Å². The number of thiophene rings is 1. The Bertz CT molecular complexity index is 1800. The Hall–Kier alpha value is -4.03. The summed E-state index contributed by atoms with van der Waals surface area (Å²) in [4.78, 5) is 29.6. The van der Waals surface area contributed by atoms with Crippen LogP contribution >= 0.6 is 11.3 Å². The highest BCUT2D eigenvalue weighted by molar-refractivity contribution is 7.92. The lowest BCUT2D eigenvalue weighted by Crippen LogP contribution is -2.36. The quantitative estimate of drug-likeness (QED) is 0.385. The first kappa shape index (κ1) is 21.5. The fourth-order valence-electron chi connectivity index (χ4n) is 4.43. The summed E-state index contributed by atoms with van der Waals surface area (Å²) in [5.74, 6) is 0. The second kappa shape index (κ2) is 8.03. The smallest absolute Gasteiger partial charge is 0.306 e. The predicted molar refractivity (Wildman–Crippen MR) is 133 cm³/mol. The molecule has 0 bridgehead atoms. The maximum atomic E-state index is 13.6. The van der Waals surface area contributed by atoms with Crippen LogP contribution in [0.2, 0.25) is 0 Å². The number of benzene rings is 2. The number of hydrogen-bond donors (Lipinski definition) is 2. The summed E-state index contributed by atoms with van der Waals surface area (Å²) in [6.45, 7) is 0.353. The Morgan fingerprint density at radius 2 is 1.91 bits per heavy atom. The second-order valence-corrected chi connectivity index (χ2v) is 10.8. The van der Waals surface area contributed by atoms with E-state index in [0.29, 0.717) is 34.7 Å². The van der Waals surface area contributed by atoms with Gasteiger partial charge >= 0.3 is 5.69 Å². The summed E-state index contributed by atoms with van der Waals surface area (Å²) < 4.78 is 29.6. The summed E-state index contributed by atoms with van der Waals surface area (Å²) in [7, 11) is -3.92. The van der Waals surface area contributed by atoms with Gasteiger partial charge in [-0.15, -0.1) is 16.4 Å². The number of aryl methyl sites for hydroxylation is 1. The van der Waals surface area contributed by atoms with Crippen LogP contribution in [0.5, 0.6) is 0 Å². The van der Waals surface area contributed by atoms with E-state index >= 15 is 0 Å². The minimum absolute atomic E-state index is 0.000133. The molecule has 0 aliphatic carbocycles. The molecule has 10 nitrogen and oxygen atoms in total. The topological polar surface area (TPSA) is 134 Å². The summed E-state index contributed by atoms with van der Waals surface area (Å²) in [6.07, 6.45) is 3.07. The van der Waals surface area contributed by atoms with E-state index in [4.69, 9.17) is 0 Å². The highest BCUT2D eigenvalue weighted by Gasteiger charge is 2.29. The zero-order valence-electron chi connectivity index (χ0n) is 18.1. The standard InChI is InChI=1S/C23H18N6O4S2/c30-22-20-18(13-34-21(20)17-12-24-27-26-17)25-23(31)29(22)15-7-3-8-16(11-15)35(32,33)28-10-4-6-14-5-1-2-9-19(14)28/h1-3,5,7-9,11-13H,4,6,10H2,(H,25,31)(H,24,26,27). The fourth-order valence-corrected chi connectivity index (χ4v) is 6.96. The molecule has 3 aromatic heterocycles. The first-order valence-corrected chi connectivity index (χ1v) is 13.1. The molecule has 2 N–H and O–H groups in total. The molecule has 35 heavy (non-hydrogen) atoms. The molecule has 0 saturated heterocycles. The number of aromatic amines is 2. The van der Waals surface area contributed by atoms with Crippen molar-refractivity contribution >= 4 is 38.0 Å². The lowest BCUT2D eigenvalue weighted by atomic mass is 10.0. The van der Waals surface area contributed by atoms with Gasteiger partial charge < -0.3 is 4.98 Å². The molecule has 6 rings (SSSR count). The van der Waals surface area contributed by atoms with E-state index in [9.17, 15) is 18.0 Å². The first-order chi connectivity index (χ1) is 16.9. The molecule has 176 valence electrons. The Morgan fingerprint density at radius 1 is 1.06 bits per heavy atom. The van der Waals surface area contributed by atoms with Crippen molar-refractivity contribution in [2.24, 2.45) is 0 Å². The average Bonchev–Trinajstić information content (AvgIpc) is 3.54. The summed E-state index contributed by atoms with van der Waals surface area (Å²) >= 11 is 1.26. The number of H-pyrrole nitrogens is 2. The largest absolute Gasteiger partial charge is 0.333 e. The van der Waals surface area contributed by atoms with Crippen molar-refractivity contribution in [1.29, 1.82) is 0 Å². The van der Waals surface area contributed by atoms with Gasteiger partial charge in [-0.2, -0.15) is 0 Å². The zero-order valence-corrected chi connectivity index (χ0v) is 19.8. The molecule has 0 radical (unpaired) electrons. The molecular formula is C23H18N6O4S2. The van der Waals surface area contributed by atoms with Crippen LogP contribution in [0.15, 0.2) is 74.6 Å². The Morgan fingerprint density at radius 3 is 2.74 bits per heavy atom. The monoisotopic (exact) mass is 506 g/mol. The van der Waals surface area contributed by atoms with Crippen LogP contribution in [-0.2, 0) is 16.4 Å². The molecule has 2 aromatic carbocycles. The number of rotatable bonds is 4. The SMILES string of the molecule is O=c1[nH]c2csc(-c3c[nH]nn3)c2c(=O)n1-c1cccc(S(=O)(=O)N2CCCc3ccccc32)c1. The summed E-state index contributed by atoms with van der Waals surface area (Å²) in [5, 5.41) is 12.2. The molecule has 12 heteroatoms. The van der Waals surface area contributed by atoms with E-state index < -0.39 is 21.3 Å². The number of nitrogens with one attached hydrogen (secondary N) is 2. The Labute approximate surface area is 202 Å². The minimum Gasteiger partial charge on any atom is -0.306 e. The van der Waals surface area contributed by atoms with Gasteiger partial charge in [-0.1, -0.05) is 29.5 Å². The van der Waals surface area contributed by atoms with Crippen molar-refractivity contribution in [3.63, 3.8) is 0 Å². The van der Waals surface area contributed by atoms with Gasteiger partial charge in [0.05, 0.1) is 38.2 Å². The van der Waals surface area contributed by atoms with Gasteiger partial charge in [0.2, 0.25) is 0 Å². The van der Waals surface area contributed by atoms with Crippen LogP contribution in [-0.4, -0.2) is 39.9 Å². The van der Waals surface area contributed by atoms with Crippen LogP contribution in [0, 0.1) is 0 Å². The lowest BCUT2D eigenvalue weighted by Gasteiger charge is -2.30. The molecule has 1 aliphatic heterocycles. The average molecular weight is 507 g/mol. The zero-order chi connectivity index (χ0) is 24.2. The minimum atomic E-state index is -3.92. The van der Waals surface area contributed by atoms with Crippen molar-refractivity contribution in [2.45, 2.75) is 17.7 Å². The van der Waals surface area contributed by atoms with Crippen molar-refractivity contribution in [3.8, 4) is 16.3 Å². The molecule has 0 fully saturated rings. The lowest BCUT2D eigenvalue weighted by molar-refractivity contribution is 0.586. The van der Waals surface area contributed by atoms with Crippen LogP contribution < -0.4 is 15.6 Å². The van der Waals surface area contributed by atoms with Crippen LogP contribution in [0.25, 0.3) is 27.2 Å². The van der Waals surface area contributed by atoms with Gasteiger partial charge in [-0.3, -0.25) is 14.2 Å². The van der Waals surface area contributed by atoms with E-state index in [1.54, 1.807) is 17.6 Å². The molecule has 1 aliphatic rings. The highest BCUT2D eigenvalue weighted by Crippen LogP contribution is 2.33. The third-order valence-electron chi connectivity index (χ3n) is 6.03. The molecule has 0 unspecified atom stereocenters. The van der Waals surface area contributed by atoms with Gasteiger partial charge in [-0.25, -0.2) is 17.8 Å². The molecule has 0 spiro atoms. The van der Waals surface area contributed by atoms with Gasteiger partial charge in [-0.05, 0) is 42.7 Å². The third kappa shape index (κ3) is 3.41. The maximum Gasteiger partial charge on any atom is 0.333 e. The molecule has 0 atom stereocenters. The summed E-state index contributed by atoms with van der Waals surface area (Å²) in [5.41, 5.74) is 1.40. The summed E-state index contributed by atoms with van der Waals surface area (Å²) in [6, 6.07) is 13.3. The Kier molecular flexibility index (Phi) is 4.93. The van der Waals surface area contributed by atoms with Crippen molar-refractivity contribution in [1.82, 2.24) is 25.0 Å². The van der Waals surface area contributed by atoms with E-state index in [0.717, 1.165) is 16.6 Å². The van der Waals surface area contributed by atoms with Gasteiger partial charge in [0, 0.05) is 11.9 Å². The molecule has 4 heterocycles. The molecule has 0 saturated carbocycles. The normalized spacial score (nSPS) is 13.8. The third-order valence-corrected chi connectivity index (χ3v) is 8.85. The first-order valence-electron chi connectivity index (χ1n) is 10.8. The number of nitrogens with zero attached hydrogens (tertiary/aromatic N) is 4. The van der Waals surface area contributed by atoms with E-state index in [-0.39, 0.29) is 16.0 Å².